The second-order valence-electron chi connectivity index (χ2n) is 4.08. The summed E-state index contributed by atoms with van der Waals surface area (Å²) in [4.78, 5) is 10.5. The normalized spacial score (nSPS) is 10.2. The minimum atomic E-state index is 0.598. The van der Waals surface area contributed by atoms with Gasteiger partial charge in [0, 0.05) is 31.9 Å². The summed E-state index contributed by atoms with van der Waals surface area (Å²) in [7, 11) is 3.89. The van der Waals surface area contributed by atoms with Crippen LogP contribution in [0, 0.1) is 0 Å². The monoisotopic (exact) mass is 262 g/mol. The van der Waals surface area contributed by atoms with Crippen LogP contribution in [0.4, 0.5) is 11.8 Å². The van der Waals surface area contributed by atoms with E-state index in [4.69, 9.17) is 11.6 Å². The minimum Gasteiger partial charge on any atom is -0.363 e. The molecule has 0 radical (unpaired) electrons. The molecule has 0 fully saturated rings. The summed E-state index contributed by atoms with van der Waals surface area (Å²) in [5, 5.41) is 3.91. The van der Waals surface area contributed by atoms with Crippen LogP contribution >= 0.6 is 11.6 Å². The van der Waals surface area contributed by atoms with E-state index >= 15 is 0 Å². The molecule has 0 aliphatic heterocycles. The maximum Gasteiger partial charge on any atom is 0.224 e. The van der Waals surface area contributed by atoms with Crippen molar-refractivity contribution < 1.29 is 0 Å². The number of hydrogen-bond acceptors (Lipinski definition) is 4. The SMILES string of the molecule is CN(C)c1ccnc(NCc2ccccc2Cl)n1. The molecular weight excluding hydrogens is 248 g/mol. The van der Waals surface area contributed by atoms with Crippen LogP contribution in [0.15, 0.2) is 36.5 Å². The second kappa shape index (κ2) is 5.69. The number of nitrogens with zero attached hydrogens (tertiary/aromatic N) is 3. The molecule has 5 heteroatoms. The summed E-state index contributed by atoms with van der Waals surface area (Å²) in [6.07, 6.45) is 1.73. The van der Waals surface area contributed by atoms with Gasteiger partial charge in [-0.25, -0.2) is 4.98 Å². The molecule has 0 unspecified atom stereocenters. The van der Waals surface area contributed by atoms with Gasteiger partial charge in [0.1, 0.15) is 5.82 Å². The number of benzene rings is 1. The molecule has 0 atom stereocenters. The Kier molecular flexibility index (Phi) is 3.99. The van der Waals surface area contributed by atoms with Crippen molar-refractivity contribution in [1.29, 1.82) is 0 Å². The van der Waals surface area contributed by atoms with Crippen LogP contribution in [-0.2, 0) is 6.54 Å². The van der Waals surface area contributed by atoms with Crippen molar-refractivity contribution >= 4 is 23.4 Å². The van der Waals surface area contributed by atoms with E-state index in [1.165, 1.54) is 0 Å². The zero-order valence-electron chi connectivity index (χ0n) is 10.4. The van der Waals surface area contributed by atoms with Gasteiger partial charge >= 0.3 is 0 Å². The summed E-state index contributed by atoms with van der Waals surface area (Å²) in [6, 6.07) is 9.58. The molecule has 2 rings (SSSR count). The number of rotatable bonds is 4. The van der Waals surface area contributed by atoms with Gasteiger partial charge in [0.15, 0.2) is 0 Å². The molecule has 1 aromatic heterocycles. The van der Waals surface area contributed by atoms with E-state index in [2.05, 4.69) is 15.3 Å². The summed E-state index contributed by atoms with van der Waals surface area (Å²) >= 11 is 6.08. The maximum atomic E-state index is 6.08. The summed E-state index contributed by atoms with van der Waals surface area (Å²) in [5.41, 5.74) is 1.03. The topological polar surface area (TPSA) is 41.1 Å². The molecular formula is C13H15ClN4. The van der Waals surface area contributed by atoms with Crippen LogP contribution in [0.25, 0.3) is 0 Å². The first-order valence-corrected chi connectivity index (χ1v) is 6.02. The fourth-order valence-electron chi connectivity index (χ4n) is 1.50. The van der Waals surface area contributed by atoms with Crippen LogP contribution in [0.5, 0.6) is 0 Å². The Balaban J connectivity index is 2.07. The van der Waals surface area contributed by atoms with Gasteiger partial charge in [-0.05, 0) is 17.7 Å². The van der Waals surface area contributed by atoms with Crippen LogP contribution in [0.2, 0.25) is 5.02 Å². The van der Waals surface area contributed by atoms with E-state index in [0.29, 0.717) is 12.5 Å². The molecule has 0 spiro atoms. The van der Waals surface area contributed by atoms with Crippen molar-refractivity contribution in [3.63, 3.8) is 0 Å². The highest BCUT2D eigenvalue weighted by atomic mass is 35.5. The van der Waals surface area contributed by atoms with Crippen molar-refractivity contribution in [2.45, 2.75) is 6.54 Å². The average molecular weight is 263 g/mol. The molecule has 0 aliphatic carbocycles. The first-order chi connectivity index (χ1) is 8.66. The van der Waals surface area contributed by atoms with E-state index in [1.54, 1.807) is 6.20 Å². The highest BCUT2D eigenvalue weighted by Crippen LogP contribution is 2.16. The Labute approximate surface area is 112 Å². The Hall–Kier alpha value is -1.81. The molecule has 1 N–H and O–H groups in total. The number of aromatic nitrogens is 2. The van der Waals surface area contributed by atoms with E-state index in [1.807, 2.05) is 49.3 Å². The lowest BCUT2D eigenvalue weighted by Crippen LogP contribution is -2.12. The Morgan fingerprint density at radius 3 is 2.72 bits per heavy atom. The molecule has 0 bridgehead atoms. The third kappa shape index (κ3) is 3.11. The summed E-state index contributed by atoms with van der Waals surface area (Å²) in [5.74, 6) is 1.47. The zero-order valence-corrected chi connectivity index (χ0v) is 11.1. The van der Waals surface area contributed by atoms with Crippen molar-refractivity contribution in [3.8, 4) is 0 Å². The first kappa shape index (κ1) is 12.6. The van der Waals surface area contributed by atoms with E-state index < -0.39 is 0 Å². The third-order valence-corrected chi connectivity index (χ3v) is 2.86. The van der Waals surface area contributed by atoms with E-state index in [0.717, 1.165) is 16.4 Å². The number of hydrogen-bond donors (Lipinski definition) is 1. The molecule has 18 heavy (non-hydrogen) atoms. The largest absolute Gasteiger partial charge is 0.363 e. The fraction of sp³-hybridized carbons (Fsp3) is 0.231. The molecule has 0 saturated heterocycles. The Morgan fingerprint density at radius 2 is 2.00 bits per heavy atom. The van der Waals surface area contributed by atoms with Gasteiger partial charge in [-0.1, -0.05) is 29.8 Å². The van der Waals surface area contributed by atoms with Crippen LogP contribution in [-0.4, -0.2) is 24.1 Å². The Morgan fingerprint density at radius 1 is 1.22 bits per heavy atom. The fourth-order valence-corrected chi connectivity index (χ4v) is 1.70. The predicted octanol–water partition coefficient (Wildman–Crippen LogP) is 2.81. The minimum absolute atomic E-state index is 0.598. The highest BCUT2D eigenvalue weighted by molar-refractivity contribution is 6.31. The standard InChI is InChI=1S/C13H15ClN4/c1-18(2)12-7-8-15-13(17-12)16-9-10-5-3-4-6-11(10)14/h3-8H,9H2,1-2H3,(H,15,16,17). The first-order valence-electron chi connectivity index (χ1n) is 5.64. The predicted molar refractivity (Wildman–Crippen MR) is 75.1 cm³/mol. The molecule has 0 aliphatic rings. The molecule has 1 heterocycles. The van der Waals surface area contributed by atoms with E-state index in [-0.39, 0.29) is 0 Å². The van der Waals surface area contributed by atoms with Crippen LogP contribution in [0.1, 0.15) is 5.56 Å². The molecule has 94 valence electrons. The zero-order chi connectivity index (χ0) is 13.0. The average Bonchev–Trinajstić information content (AvgIpc) is 2.38. The quantitative estimate of drug-likeness (QED) is 0.920. The Bertz CT molecular complexity index is 528. The van der Waals surface area contributed by atoms with Gasteiger partial charge in [0.25, 0.3) is 0 Å². The van der Waals surface area contributed by atoms with Crippen molar-refractivity contribution in [1.82, 2.24) is 9.97 Å². The molecule has 1 aromatic carbocycles. The molecule has 0 saturated carbocycles. The highest BCUT2D eigenvalue weighted by Gasteiger charge is 2.02. The van der Waals surface area contributed by atoms with Gasteiger partial charge in [-0.2, -0.15) is 4.98 Å². The maximum absolute atomic E-state index is 6.08. The van der Waals surface area contributed by atoms with Gasteiger partial charge in [0.2, 0.25) is 5.95 Å². The van der Waals surface area contributed by atoms with Crippen molar-refractivity contribution in [2.24, 2.45) is 0 Å². The lowest BCUT2D eigenvalue weighted by atomic mass is 10.2. The van der Waals surface area contributed by atoms with Crippen LogP contribution in [0.3, 0.4) is 0 Å². The number of halogens is 1. The smallest absolute Gasteiger partial charge is 0.224 e. The van der Waals surface area contributed by atoms with Gasteiger partial charge < -0.3 is 10.2 Å². The third-order valence-electron chi connectivity index (χ3n) is 2.49. The lowest BCUT2D eigenvalue weighted by Gasteiger charge is -2.12. The van der Waals surface area contributed by atoms with Crippen molar-refractivity contribution in [2.75, 3.05) is 24.3 Å². The number of anilines is 2. The lowest BCUT2D eigenvalue weighted by molar-refractivity contribution is 1.01. The number of nitrogens with one attached hydrogen (secondary N) is 1. The van der Waals surface area contributed by atoms with Gasteiger partial charge in [-0.3, -0.25) is 0 Å². The molecule has 4 nitrogen and oxygen atoms in total. The van der Waals surface area contributed by atoms with Gasteiger partial charge in [-0.15, -0.1) is 0 Å². The van der Waals surface area contributed by atoms with Crippen LogP contribution < -0.4 is 10.2 Å². The molecule has 2 aromatic rings. The van der Waals surface area contributed by atoms with E-state index in [9.17, 15) is 0 Å². The summed E-state index contributed by atoms with van der Waals surface area (Å²) < 4.78 is 0. The molecule has 0 amide bonds. The van der Waals surface area contributed by atoms with Crippen molar-refractivity contribution in [3.05, 3.63) is 47.1 Å². The second-order valence-corrected chi connectivity index (χ2v) is 4.49. The van der Waals surface area contributed by atoms with Gasteiger partial charge in [0.05, 0.1) is 0 Å². The summed E-state index contributed by atoms with van der Waals surface area (Å²) in [6.45, 7) is 0.608.